The zero-order valence-corrected chi connectivity index (χ0v) is 18.1. The van der Waals surface area contributed by atoms with Crippen LogP contribution in [0.25, 0.3) is 0 Å². The first-order chi connectivity index (χ1) is 13.6. The minimum Gasteiger partial charge on any atom is -0.493 e. The van der Waals surface area contributed by atoms with Gasteiger partial charge in [-0.25, -0.2) is 0 Å². The summed E-state index contributed by atoms with van der Waals surface area (Å²) in [6, 6.07) is 1.99. The fourth-order valence-electron chi connectivity index (χ4n) is 4.72. The Morgan fingerprint density at radius 1 is 1.43 bits per heavy atom. The molecule has 0 radical (unpaired) electrons. The number of carbonyl (C=O) groups is 1. The van der Waals surface area contributed by atoms with Gasteiger partial charge >= 0.3 is 5.97 Å². The molecule has 3 aliphatic rings. The zero-order chi connectivity index (χ0) is 19.7. The number of rotatable bonds is 6. The Bertz CT molecular complexity index is 793. The predicted molar refractivity (Wildman–Crippen MR) is 111 cm³/mol. The fraction of sp³-hybridized carbons (Fsp3) is 0.591. The molecule has 4 rings (SSSR count). The molecule has 0 saturated heterocycles. The van der Waals surface area contributed by atoms with Crippen molar-refractivity contribution in [1.82, 2.24) is 5.32 Å². The maximum atomic E-state index is 12.2. The predicted octanol–water partition coefficient (Wildman–Crippen LogP) is 4.40. The van der Waals surface area contributed by atoms with Crippen molar-refractivity contribution in [2.45, 2.75) is 69.6 Å². The molecule has 6 heteroatoms. The lowest BCUT2D eigenvalue weighted by atomic mass is 9.69. The number of ether oxygens (including phenoxy) is 3. The average Bonchev–Trinajstić information content (AvgIpc) is 2.88. The molecule has 1 aromatic carbocycles. The van der Waals surface area contributed by atoms with Crippen molar-refractivity contribution >= 4 is 21.9 Å². The van der Waals surface area contributed by atoms with Gasteiger partial charge in [0.05, 0.1) is 12.5 Å². The number of benzene rings is 1. The maximum Gasteiger partial charge on any atom is 0.306 e. The Labute approximate surface area is 174 Å². The van der Waals surface area contributed by atoms with Gasteiger partial charge in [0.1, 0.15) is 12.2 Å². The lowest BCUT2D eigenvalue weighted by molar-refractivity contribution is -0.148. The standard InChI is InChI=1S/C22H28BrNO4/c1-3-4-5-6-19(25)27-14-7-8-22-9-10-24-13-15-16(23)12-17(26-2)21(20(15)22)28-18(22)11-14/h7-8,12,14,18,24H,3-6,9-11,13H2,1-2H3/t14-,18-,22?/m0/s1. The molecule has 0 saturated carbocycles. The topological polar surface area (TPSA) is 56.8 Å². The van der Waals surface area contributed by atoms with E-state index >= 15 is 0 Å². The molecule has 152 valence electrons. The van der Waals surface area contributed by atoms with E-state index in [1.807, 2.05) is 6.07 Å². The molecule has 1 N–H and O–H groups in total. The second-order valence-corrected chi connectivity index (χ2v) is 8.75. The molecule has 1 aliphatic carbocycles. The van der Waals surface area contributed by atoms with E-state index in [1.165, 1.54) is 11.1 Å². The van der Waals surface area contributed by atoms with Crippen LogP contribution >= 0.6 is 15.9 Å². The maximum absolute atomic E-state index is 12.2. The Morgan fingerprint density at radius 2 is 2.29 bits per heavy atom. The fourth-order valence-corrected chi connectivity index (χ4v) is 5.27. The summed E-state index contributed by atoms with van der Waals surface area (Å²) in [6.07, 6.45) is 9.16. The molecule has 1 unspecified atom stereocenters. The van der Waals surface area contributed by atoms with Crippen molar-refractivity contribution in [3.63, 3.8) is 0 Å². The number of halogens is 1. The summed E-state index contributed by atoms with van der Waals surface area (Å²) in [5.74, 6) is 1.48. The van der Waals surface area contributed by atoms with Gasteiger partial charge in [0, 0.05) is 29.4 Å². The van der Waals surface area contributed by atoms with Gasteiger partial charge < -0.3 is 19.5 Å². The van der Waals surface area contributed by atoms with E-state index in [1.54, 1.807) is 7.11 Å². The summed E-state index contributed by atoms with van der Waals surface area (Å²) in [6.45, 7) is 3.84. The normalized spacial score (nSPS) is 27.4. The zero-order valence-electron chi connectivity index (χ0n) is 16.6. The van der Waals surface area contributed by atoms with Crippen LogP contribution in [0, 0.1) is 0 Å². The first-order valence-electron chi connectivity index (χ1n) is 10.2. The van der Waals surface area contributed by atoms with Gasteiger partial charge in [0.25, 0.3) is 0 Å². The first kappa shape index (κ1) is 19.8. The highest BCUT2D eigenvalue weighted by molar-refractivity contribution is 9.10. The molecule has 0 bridgehead atoms. The molecule has 1 aromatic rings. The lowest BCUT2D eigenvalue weighted by Gasteiger charge is -2.36. The summed E-state index contributed by atoms with van der Waals surface area (Å²) < 4.78 is 18.8. The number of esters is 1. The van der Waals surface area contributed by atoms with Crippen LogP contribution in [0.1, 0.15) is 56.6 Å². The quantitative estimate of drug-likeness (QED) is 0.396. The van der Waals surface area contributed by atoms with Gasteiger partial charge in [-0.2, -0.15) is 0 Å². The van der Waals surface area contributed by atoms with E-state index in [2.05, 4.69) is 40.3 Å². The molecule has 28 heavy (non-hydrogen) atoms. The van der Waals surface area contributed by atoms with Crippen molar-refractivity contribution in [1.29, 1.82) is 0 Å². The summed E-state index contributed by atoms with van der Waals surface area (Å²) in [7, 11) is 1.67. The second kappa shape index (κ2) is 8.07. The SMILES string of the molecule is CCCCCC(=O)O[C@H]1C=CC23CCNCc4c(Br)cc(OC)c(c42)O[C@H]3C1. The highest BCUT2D eigenvalue weighted by Gasteiger charge is 2.53. The van der Waals surface area contributed by atoms with Crippen molar-refractivity contribution in [2.75, 3.05) is 13.7 Å². The van der Waals surface area contributed by atoms with E-state index in [9.17, 15) is 4.79 Å². The van der Waals surface area contributed by atoms with Crippen LogP contribution in [-0.4, -0.2) is 31.8 Å². The van der Waals surface area contributed by atoms with Crippen LogP contribution in [-0.2, 0) is 21.5 Å². The molecule has 0 fully saturated rings. The average molecular weight is 450 g/mol. The third-order valence-electron chi connectivity index (χ3n) is 6.16. The van der Waals surface area contributed by atoms with Crippen molar-refractivity contribution < 1.29 is 19.0 Å². The van der Waals surface area contributed by atoms with E-state index in [0.29, 0.717) is 12.8 Å². The number of nitrogens with one attached hydrogen (secondary N) is 1. The monoisotopic (exact) mass is 449 g/mol. The van der Waals surface area contributed by atoms with Crippen LogP contribution in [0.2, 0.25) is 0 Å². The smallest absolute Gasteiger partial charge is 0.306 e. The highest BCUT2D eigenvalue weighted by Crippen LogP contribution is 2.56. The van der Waals surface area contributed by atoms with Gasteiger partial charge in [0.2, 0.25) is 0 Å². The molecule has 0 aromatic heterocycles. The largest absolute Gasteiger partial charge is 0.493 e. The third kappa shape index (κ3) is 3.35. The van der Waals surface area contributed by atoms with Crippen LogP contribution in [0.15, 0.2) is 22.7 Å². The number of methoxy groups -OCH3 is 1. The van der Waals surface area contributed by atoms with Gasteiger partial charge in [-0.3, -0.25) is 4.79 Å². The molecule has 1 spiro atoms. The van der Waals surface area contributed by atoms with Gasteiger partial charge in [0.15, 0.2) is 11.5 Å². The lowest BCUT2D eigenvalue weighted by Crippen LogP contribution is -2.43. The van der Waals surface area contributed by atoms with Crippen molar-refractivity contribution in [3.05, 3.63) is 33.8 Å². The number of unbranched alkanes of at least 4 members (excludes halogenated alkanes) is 2. The van der Waals surface area contributed by atoms with E-state index in [-0.39, 0.29) is 23.6 Å². The molecule has 5 nitrogen and oxygen atoms in total. The van der Waals surface area contributed by atoms with Crippen LogP contribution in [0.3, 0.4) is 0 Å². The van der Waals surface area contributed by atoms with E-state index in [4.69, 9.17) is 14.2 Å². The molecular formula is C22H28BrNO4. The molecule has 2 heterocycles. The molecule has 2 aliphatic heterocycles. The Balaban J connectivity index is 1.61. The molecule has 3 atom stereocenters. The Morgan fingerprint density at radius 3 is 3.07 bits per heavy atom. The second-order valence-electron chi connectivity index (χ2n) is 7.90. The summed E-state index contributed by atoms with van der Waals surface area (Å²) in [4.78, 5) is 12.2. The van der Waals surface area contributed by atoms with Crippen LogP contribution in [0.5, 0.6) is 11.5 Å². The van der Waals surface area contributed by atoms with E-state index in [0.717, 1.165) is 54.7 Å². The summed E-state index contributed by atoms with van der Waals surface area (Å²) >= 11 is 3.72. The van der Waals surface area contributed by atoms with Gasteiger partial charge in [-0.15, -0.1) is 0 Å². The van der Waals surface area contributed by atoms with Crippen molar-refractivity contribution in [2.24, 2.45) is 0 Å². The van der Waals surface area contributed by atoms with Gasteiger partial charge in [-0.1, -0.05) is 41.8 Å². The minimum atomic E-state index is -0.229. The van der Waals surface area contributed by atoms with Crippen LogP contribution < -0.4 is 14.8 Å². The Hall–Kier alpha value is -1.53. The molecular weight excluding hydrogens is 422 g/mol. The highest BCUT2D eigenvalue weighted by atomic mass is 79.9. The number of carbonyl (C=O) groups excluding carboxylic acids is 1. The first-order valence-corrected chi connectivity index (χ1v) is 11.0. The molecule has 0 amide bonds. The van der Waals surface area contributed by atoms with Crippen LogP contribution in [0.4, 0.5) is 0 Å². The number of hydrogen-bond acceptors (Lipinski definition) is 5. The van der Waals surface area contributed by atoms with Gasteiger partial charge in [-0.05, 0) is 37.1 Å². The number of hydrogen-bond donors (Lipinski definition) is 1. The minimum absolute atomic E-state index is 0.0530. The summed E-state index contributed by atoms with van der Waals surface area (Å²) in [5.41, 5.74) is 2.25. The van der Waals surface area contributed by atoms with E-state index < -0.39 is 0 Å². The Kier molecular flexibility index (Phi) is 5.70. The summed E-state index contributed by atoms with van der Waals surface area (Å²) in [5, 5.41) is 3.53. The van der Waals surface area contributed by atoms with Crippen molar-refractivity contribution in [3.8, 4) is 11.5 Å². The third-order valence-corrected chi connectivity index (χ3v) is 6.87.